The molecule has 6 heteroatoms. The highest BCUT2D eigenvalue weighted by Crippen LogP contribution is 2.40. The van der Waals surface area contributed by atoms with Crippen molar-refractivity contribution in [2.24, 2.45) is 7.05 Å². The summed E-state index contributed by atoms with van der Waals surface area (Å²) >= 11 is 1.85. The number of tetrazole rings is 1. The first-order chi connectivity index (χ1) is 9.79. The van der Waals surface area contributed by atoms with Crippen molar-refractivity contribution in [3.8, 4) is 0 Å². The minimum Gasteiger partial charge on any atom is -0.286 e. The first-order valence-corrected chi connectivity index (χ1v) is 7.91. The molecule has 5 nitrogen and oxygen atoms in total. The second-order valence-corrected chi connectivity index (χ2v) is 6.49. The number of hydrogen-bond acceptors (Lipinski definition) is 5. The maximum Gasteiger partial charge on any atom is 0.188 e. The molecule has 0 aliphatic carbocycles. The molecule has 1 fully saturated rings. The zero-order valence-corrected chi connectivity index (χ0v) is 12.3. The van der Waals surface area contributed by atoms with Gasteiger partial charge in [0.25, 0.3) is 0 Å². The number of thiophene rings is 1. The topological polar surface area (TPSA) is 46.8 Å². The van der Waals surface area contributed by atoms with E-state index in [1.165, 1.54) is 28.1 Å². The van der Waals surface area contributed by atoms with Crippen LogP contribution in [-0.4, -0.2) is 37.2 Å². The monoisotopic (exact) mass is 287 g/mol. The van der Waals surface area contributed by atoms with Crippen LogP contribution in [0.5, 0.6) is 0 Å². The number of hydrogen-bond donors (Lipinski definition) is 0. The van der Waals surface area contributed by atoms with Crippen LogP contribution in [0, 0.1) is 0 Å². The fourth-order valence-corrected chi connectivity index (χ4v) is 4.12. The molecule has 4 rings (SSSR count). The van der Waals surface area contributed by atoms with Gasteiger partial charge in [0.05, 0.1) is 13.6 Å². The summed E-state index contributed by atoms with van der Waals surface area (Å²) in [5, 5.41) is 14.5. The molecule has 0 spiro atoms. The second kappa shape index (κ2) is 4.79. The average Bonchev–Trinajstić information content (AvgIpc) is 3.13. The Morgan fingerprint density at radius 2 is 2.35 bits per heavy atom. The van der Waals surface area contributed by atoms with E-state index in [1.54, 1.807) is 0 Å². The molecule has 1 saturated heterocycles. The van der Waals surface area contributed by atoms with E-state index in [0.717, 1.165) is 18.8 Å². The van der Waals surface area contributed by atoms with Crippen molar-refractivity contribution in [1.29, 1.82) is 0 Å². The summed E-state index contributed by atoms with van der Waals surface area (Å²) in [6, 6.07) is 5.54. The van der Waals surface area contributed by atoms with E-state index in [4.69, 9.17) is 0 Å². The first kappa shape index (κ1) is 12.2. The van der Waals surface area contributed by atoms with Crippen LogP contribution in [0.25, 0.3) is 5.57 Å². The van der Waals surface area contributed by atoms with Gasteiger partial charge in [0.1, 0.15) is 0 Å². The zero-order valence-electron chi connectivity index (χ0n) is 11.4. The Hall–Kier alpha value is -1.53. The molecule has 2 aliphatic heterocycles. The molecule has 0 amide bonds. The third-order valence-electron chi connectivity index (χ3n) is 4.25. The van der Waals surface area contributed by atoms with Crippen molar-refractivity contribution in [1.82, 2.24) is 25.1 Å². The number of rotatable bonds is 3. The van der Waals surface area contributed by atoms with Crippen LogP contribution in [0.1, 0.15) is 30.0 Å². The lowest BCUT2D eigenvalue weighted by molar-refractivity contribution is 0.198. The minimum absolute atomic E-state index is 0.537. The summed E-state index contributed by atoms with van der Waals surface area (Å²) in [7, 11) is 1.82. The van der Waals surface area contributed by atoms with Gasteiger partial charge in [-0.05, 0) is 41.5 Å². The van der Waals surface area contributed by atoms with Gasteiger partial charge in [-0.1, -0.05) is 12.1 Å². The van der Waals surface area contributed by atoms with Gasteiger partial charge in [-0.25, -0.2) is 0 Å². The SMILES string of the molecule is Cn1nnc(CN2C3C=C(c4cccs4)CC2CC3)n1. The van der Waals surface area contributed by atoms with Gasteiger partial charge in [0.15, 0.2) is 5.82 Å². The molecule has 2 aliphatic rings. The van der Waals surface area contributed by atoms with Gasteiger partial charge in [-0.2, -0.15) is 4.80 Å². The lowest BCUT2D eigenvalue weighted by atomic mass is 10.00. The molecule has 20 heavy (non-hydrogen) atoms. The molecule has 0 N–H and O–H groups in total. The summed E-state index contributed by atoms with van der Waals surface area (Å²) in [6.45, 7) is 0.817. The standard InChI is InChI=1S/C14H17N5S/c1-18-16-14(15-17-18)9-19-11-4-5-12(19)8-10(7-11)13-3-2-6-20-13/h2-3,6-7,11-12H,4-5,8-9H2,1H3. The number of nitrogens with zero attached hydrogens (tertiary/aromatic N) is 5. The number of fused-ring (bicyclic) bond motifs is 2. The Morgan fingerprint density at radius 3 is 3.05 bits per heavy atom. The summed E-state index contributed by atoms with van der Waals surface area (Å²) < 4.78 is 0. The molecule has 2 aromatic rings. The molecule has 0 aromatic carbocycles. The van der Waals surface area contributed by atoms with Gasteiger partial charge in [-0.3, -0.25) is 4.90 Å². The highest BCUT2D eigenvalue weighted by atomic mass is 32.1. The number of aromatic nitrogens is 4. The minimum atomic E-state index is 0.537. The van der Waals surface area contributed by atoms with E-state index in [1.807, 2.05) is 18.4 Å². The molecule has 0 radical (unpaired) electrons. The Morgan fingerprint density at radius 1 is 1.40 bits per heavy atom. The van der Waals surface area contributed by atoms with Crippen LogP contribution >= 0.6 is 11.3 Å². The fraction of sp³-hybridized carbons (Fsp3) is 0.500. The summed E-state index contributed by atoms with van der Waals surface area (Å²) in [4.78, 5) is 5.50. The van der Waals surface area contributed by atoms with Gasteiger partial charge in [0, 0.05) is 17.0 Å². The Kier molecular flexibility index (Phi) is 2.93. The maximum atomic E-state index is 4.30. The average molecular weight is 287 g/mol. The highest BCUT2D eigenvalue weighted by Gasteiger charge is 2.37. The molecule has 2 bridgehead atoms. The number of aryl methyl sites for hydroxylation is 1. The smallest absolute Gasteiger partial charge is 0.188 e. The molecule has 0 saturated carbocycles. The van der Waals surface area contributed by atoms with Crippen molar-refractivity contribution in [2.75, 3.05) is 0 Å². The van der Waals surface area contributed by atoms with Gasteiger partial charge in [0.2, 0.25) is 0 Å². The van der Waals surface area contributed by atoms with Crippen molar-refractivity contribution in [3.05, 3.63) is 34.3 Å². The second-order valence-electron chi connectivity index (χ2n) is 5.54. The lowest BCUT2D eigenvalue weighted by Gasteiger charge is -2.32. The zero-order chi connectivity index (χ0) is 13.5. The van der Waals surface area contributed by atoms with Crippen LogP contribution in [0.4, 0.5) is 0 Å². The van der Waals surface area contributed by atoms with Crippen molar-refractivity contribution < 1.29 is 0 Å². The molecular weight excluding hydrogens is 270 g/mol. The summed E-state index contributed by atoms with van der Waals surface area (Å²) in [5.41, 5.74) is 1.52. The van der Waals surface area contributed by atoms with E-state index in [2.05, 4.69) is 43.9 Å². The highest BCUT2D eigenvalue weighted by molar-refractivity contribution is 7.11. The van der Waals surface area contributed by atoms with Crippen molar-refractivity contribution >= 4 is 16.9 Å². The Bertz CT molecular complexity index is 630. The van der Waals surface area contributed by atoms with Crippen LogP contribution in [0.2, 0.25) is 0 Å². The predicted molar refractivity (Wildman–Crippen MR) is 78.1 cm³/mol. The molecule has 2 aromatic heterocycles. The van der Waals surface area contributed by atoms with E-state index >= 15 is 0 Å². The third kappa shape index (κ3) is 2.09. The lowest BCUT2D eigenvalue weighted by Crippen LogP contribution is -2.38. The van der Waals surface area contributed by atoms with Gasteiger partial charge >= 0.3 is 0 Å². The molecular formula is C14H17N5S. The quantitative estimate of drug-likeness (QED) is 0.867. The molecule has 2 unspecified atom stereocenters. The Balaban J connectivity index is 1.56. The van der Waals surface area contributed by atoms with Crippen LogP contribution in [0.15, 0.2) is 23.6 Å². The van der Waals surface area contributed by atoms with Crippen LogP contribution in [-0.2, 0) is 13.6 Å². The van der Waals surface area contributed by atoms with E-state index < -0.39 is 0 Å². The first-order valence-electron chi connectivity index (χ1n) is 7.03. The van der Waals surface area contributed by atoms with E-state index in [0.29, 0.717) is 12.1 Å². The summed E-state index contributed by atoms with van der Waals surface area (Å²) in [6.07, 6.45) is 6.12. The van der Waals surface area contributed by atoms with Gasteiger partial charge < -0.3 is 0 Å². The molecule has 4 heterocycles. The van der Waals surface area contributed by atoms with Crippen LogP contribution < -0.4 is 0 Å². The van der Waals surface area contributed by atoms with E-state index in [9.17, 15) is 0 Å². The normalized spacial score (nSPS) is 25.9. The largest absolute Gasteiger partial charge is 0.286 e. The maximum absolute atomic E-state index is 4.30. The van der Waals surface area contributed by atoms with Gasteiger partial charge in [-0.15, -0.1) is 21.5 Å². The van der Waals surface area contributed by atoms with Crippen LogP contribution in [0.3, 0.4) is 0 Å². The summed E-state index contributed by atoms with van der Waals surface area (Å²) in [5.74, 6) is 0.831. The fourth-order valence-electron chi connectivity index (χ4n) is 3.36. The third-order valence-corrected chi connectivity index (χ3v) is 5.20. The van der Waals surface area contributed by atoms with Crippen molar-refractivity contribution in [3.63, 3.8) is 0 Å². The van der Waals surface area contributed by atoms with Crippen molar-refractivity contribution in [2.45, 2.75) is 37.9 Å². The molecule has 2 atom stereocenters. The Labute approximate surface area is 121 Å². The van der Waals surface area contributed by atoms with E-state index in [-0.39, 0.29) is 0 Å². The molecule has 104 valence electrons. The predicted octanol–water partition coefficient (Wildman–Crippen LogP) is 2.09.